The van der Waals surface area contributed by atoms with Crippen molar-refractivity contribution in [3.63, 3.8) is 0 Å². The summed E-state index contributed by atoms with van der Waals surface area (Å²) in [6.45, 7) is 7.56. The third-order valence-corrected chi connectivity index (χ3v) is 4.60. The first-order chi connectivity index (χ1) is 11.0. The zero-order valence-electron chi connectivity index (χ0n) is 14.4. The SMILES string of the molecule is CN=C(NCCNC(=O)C(C)C)N1CCCC2(CNC(=O)C2)C1. The van der Waals surface area contributed by atoms with Gasteiger partial charge in [0.15, 0.2) is 5.96 Å². The summed E-state index contributed by atoms with van der Waals surface area (Å²) in [5.74, 6) is 1.08. The van der Waals surface area contributed by atoms with E-state index in [4.69, 9.17) is 0 Å². The molecule has 1 spiro atoms. The Kier molecular flexibility index (Phi) is 5.85. The van der Waals surface area contributed by atoms with Crippen molar-refractivity contribution in [1.29, 1.82) is 0 Å². The Morgan fingerprint density at radius 1 is 1.39 bits per heavy atom. The molecular weight excluding hydrogens is 294 g/mol. The maximum absolute atomic E-state index is 11.6. The van der Waals surface area contributed by atoms with Crippen molar-refractivity contribution >= 4 is 17.8 Å². The van der Waals surface area contributed by atoms with Gasteiger partial charge in [-0.3, -0.25) is 14.6 Å². The first-order valence-corrected chi connectivity index (χ1v) is 8.46. The molecular formula is C16H29N5O2. The summed E-state index contributed by atoms with van der Waals surface area (Å²) in [4.78, 5) is 29.7. The minimum Gasteiger partial charge on any atom is -0.355 e. The van der Waals surface area contributed by atoms with Crippen LogP contribution in [0.5, 0.6) is 0 Å². The largest absolute Gasteiger partial charge is 0.355 e. The van der Waals surface area contributed by atoms with Crippen LogP contribution in [0.4, 0.5) is 0 Å². The third-order valence-electron chi connectivity index (χ3n) is 4.60. The van der Waals surface area contributed by atoms with Crippen molar-refractivity contribution in [3.8, 4) is 0 Å². The first kappa shape index (κ1) is 17.6. The van der Waals surface area contributed by atoms with Crippen LogP contribution in [0, 0.1) is 11.3 Å². The standard InChI is InChI=1S/C16H29N5O2/c1-12(2)14(23)18-6-7-19-15(17-3)21-8-4-5-16(11-21)9-13(22)20-10-16/h12H,4-11H2,1-3H3,(H,17,19)(H,18,23)(H,20,22). The quantitative estimate of drug-likeness (QED) is 0.384. The molecule has 2 fully saturated rings. The van der Waals surface area contributed by atoms with Crippen LogP contribution in [0.15, 0.2) is 4.99 Å². The molecule has 0 radical (unpaired) electrons. The molecule has 23 heavy (non-hydrogen) atoms. The molecule has 2 aliphatic rings. The molecule has 3 N–H and O–H groups in total. The van der Waals surface area contributed by atoms with E-state index in [1.54, 1.807) is 7.05 Å². The van der Waals surface area contributed by atoms with Crippen LogP contribution < -0.4 is 16.0 Å². The van der Waals surface area contributed by atoms with Gasteiger partial charge in [-0.2, -0.15) is 0 Å². The number of hydrogen-bond acceptors (Lipinski definition) is 3. The summed E-state index contributed by atoms with van der Waals surface area (Å²) in [5, 5.41) is 9.16. The van der Waals surface area contributed by atoms with Crippen molar-refractivity contribution in [2.45, 2.75) is 33.1 Å². The Morgan fingerprint density at radius 3 is 2.74 bits per heavy atom. The predicted molar refractivity (Wildman–Crippen MR) is 90.1 cm³/mol. The molecule has 2 aliphatic heterocycles. The first-order valence-electron chi connectivity index (χ1n) is 8.46. The number of carbonyl (C=O) groups excluding carboxylic acids is 2. The van der Waals surface area contributed by atoms with E-state index in [9.17, 15) is 9.59 Å². The average Bonchev–Trinajstić information content (AvgIpc) is 2.87. The van der Waals surface area contributed by atoms with E-state index in [-0.39, 0.29) is 23.1 Å². The Balaban J connectivity index is 1.81. The van der Waals surface area contributed by atoms with Gasteiger partial charge in [0.25, 0.3) is 0 Å². The third kappa shape index (κ3) is 4.59. The van der Waals surface area contributed by atoms with E-state index in [0.29, 0.717) is 19.5 Å². The molecule has 7 nitrogen and oxygen atoms in total. The smallest absolute Gasteiger partial charge is 0.222 e. The minimum atomic E-state index is 0.00340. The number of likely N-dealkylation sites (tertiary alicyclic amines) is 1. The lowest BCUT2D eigenvalue weighted by Crippen LogP contribution is -2.52. The number of amides is 2. The molecule has 1 unspecified atom stereocenters. The van der Waals surface area contributed by atoms with Crippen molar-refractivity contribution in [1.82, 2.24) is 20.9 Å². The van der Waals surface area contributed by atoms with Crippen molar-refractivity contribution in [2.24, 2.45) is 16.3 Å². The van der Waals surface area contributed by atoms with Crippen molar-refractivity contribution < 1.29 is 9.59 Å². The Hall–Kier alpha value is -1.79. The second kappa shape index (κ2) is 7.66. The van der Waals surface area contributed by atoms with Crippen molar-refractivity contribution in [2.75, 3.05) is 39.8 Å². The highest BCUT2D eigenvalue weighted by Gasteiger charge is 2.42. The number of guanidine groups is 1. The Bertz CT molecular complexity index is 477. The summed E-state index contributed by atoms with van der Waals surface area (Å²) in [6, 6.07) is 0. The van der Waals surface area contributed by atoms with Crippen LogP contribution in [0.1, 0.15) is 33.1 Å². The Morgan fingerprint density at radius 2 is 2.13 bits per heavy atom. The van der Waals surface area contributed by atoms with Crippen LogP contribution in [0.25, 0.3) is 0 Å². The molecule has 0 aromatic heterocycles. The minimum absolute atomic E-state index is 0.00340. The van der Waals surface area contributed by atoms with E-state index in [2.05, 4.69) is 25.8 Å². The van der Waals surface area contributed by atoms with Crippen LogP contribution >= 0.6 is 0 Å². The Labute approximate surface area is 138 Å². The summed E-state index contributed by atoms with van der Waals surface area (Å²) >= 11 is 0. The second-order valence-electron chi connectivity index (χ2n) is 6.90. The lowest BCUT2D eigenvalue weighted by molar-refractivity contribution is -0.124. The van der Waals surface area contributed by atoms with Gasteiger partial charge in [-0.15, -0.1) is 0 Å². The highest BCUT2D eigenvalue weighted by Crippen LogP contribution is 2.35. The van der Waals surface area contributed by atoms with E-state index >= 15 is 0 Å². The average molecular weight is 323 g/mol. The van der Waals surface area contributed by atoms with Crippen LogP contribution in [-0.4, -0.2) is 62.4 Å². The molecule has 0 aliphatic carbocycles. The normalized spacial score (nSPS) is 25.0. The van der Waals surface area contributed by atoms with Gasteiger partial charge in [0.1, 0.15) is 0 Å². The molecule has 0 saturated carbocycles. The summed E-state index contributed by atoms with van der Waals surface area (Å²) in [6.07, 6.45) is 2.77. The van der Waals surface area contributed by atoms with Gasteiger partial charge < -0.3 is 20.9 Å². The fraction of sp³-hybridized carbons (Fsp3) is 0.812. The van der Waals surface area contributed by atoms with E-state index in [0.717, 1.165) is 38.4 Å². The van der Waals surface area contributed by atoms with Gasteiger partial charge in [0.2, 0.25) is 11.8 Å². The van der Waals surface area contributed by atoms with E-state index in [1.165, 1.54) is 0 Å². The lowest BCUT2D eigenvalue weighted by atomic mass is 9.79. The number of nitrogens with one attached hydrogen (secondary N) is 3. The van der Waals surface area contributed by atoms with Gasteiger partial charge in [-0.25, -0.2) is 0 Å². The van der Waals surface area contributed by atoms with Gasteiger partial charge >= 0.3 is 0 Å². The van der Waals surface area contributed by atoms with E-state index in [1.807, 2.05) is 13.8 Å². The fourth-order valence-electron chi connectivity index (χ4n) is 3.33. The molecule has 130 valence electrons. The summed E-state index contributed by atoms with van der Waals surface area (Å²) < 4.78 is 0. The van der Waals surface area contributed by atoms with Crippen molar-refractivity contribution in [3.05, 3.63) is 0 Å². The summed E-state index contributed by atoms with van der Waals surface area (Å²) in [7, 11) is 1.77. The number of hydrogen-bond donors (Lipinski definition) is 3. The molecule has 7 heteroatoms. The molecule has 0 aromatic carbocycles. The molecule has 2 amide bonds. The number of piperidine rings is 1. The number of aliphatic imine (C=N–C) groups is 1. The highest BCUT2D eigenvalue weighted by molar-refractivity contribution is 5.82. The monoisotopic (exact) mass is 323 g/mol. The zero-order chi connectivity index (χ0) is 16.9. The predicted octanol–water partition coefficient (Wildman–Crippen LogP) is -0.0639. The number of carbonyl (C=O) groups is 2. The lowest BCUT2D eigenvalue weighted by Gasteiger charge is -2.40. The van der Waals surface area contributed by atoms with Crippen LogP contribution in [0.3, 0.4) is 0 Å². The molecule has 0 bridgehead atoms. The van der Waals surface area contributed by atoms with Crippen LogP contribution in [0.2, 0.25) is 0 Å². The van der Waals surface area contributed by atoms with E-state index < -0.39 is 0 Å². The molecule has 0 aromatic rings. The fourth-order valence-corrected chi connectivity index (χ4v) is 3.33. The number of rotatable bonds is 4. The maximum Gasteiger partial charge on any atom is 0.222 e. The topological polar surface area (TPSA) is 85.8 Å². The van der Waals surface area contributed by atoms with Gasteiger partial charge in [-0.1, -0.05) is 13.8 Å². The highest BCUT2D eigenvalue weighted by atomic mass is 16.2. The molecule has 1 atom stereocenters. The molecule has 2 saturated heterocycles. The maximum atomic E-state index is 11.6. The zero-order valence-corrected chi connectivity index (χ0v) is 14.4. The van der Waals surface area contributed by atoms with Gasteiger partial charge in [-0.05, 0) is 12.8 Å². The second-order valence-corrected chi connectivity index (χ2v) is 6.90. The molecule has 2 rings (SSSR count). The van der Waals surface area contributed by atoms with Crippen LogP contribution in [-0.2, 0) is 9.59 Å². The van der Waals surface area contributed by atoms with Gasteiger partial charge in [0, 0.05) is 57.5 Å². The molecule has 2 heterocycles. The summed E-state index contributed by atoms with van der Waals surface area (Å²) in [5.41, 5.74) is 0.0544. The number of nitrogens with zero attached hydrogens (tertiary/aromatic N) is 2. The van der Waals surface area contributed by atoms with Gasteiger partial charge in [0.05, 0.1) is 0 Å².